The minimum atomic E-state index is -3.65. The van der Waals surface area contributed by atoms with Gasteiger partial charge in [-0.15, -0.1) is 0 Å². The summed E-state index contributed by atoms with van der Waals surface area (Å²) in [5, 5.41) is 0.960. The van der Waals surface area contributed by atoms with Crippen LogP contribution in [0.1, 0.15) is 24.3 Å². The first-order chi connectivity index (χ1) is 11.3. The zero-order chi connectivity index (χ0) is 17.5. The Kier molecular flexibility index (Phi) is 4.55. The maximum Gasteiger partial charge on any atom is 0.244 e. The standard InChI is InChI=1S/C18H18BrNO3S/c1-12-8-9-15(19)18(10-12)24(21,22)20(3)13(2)17-11-14-6-4-5-7-16(14)23-17/h4-11,13H,1-3H3. The van der Waals surface area contributed by atoms with Crippen molar-refractivity contribution in [1.29, 1.82) is 0 Å². The van der Waals surface area contributed by atoms with Crippen molar-refractivity contribution in [3.63, 3.8) is 0 Å². The number of aryl methyl sites for hydroxylation is 1. The molecule has 3 rings (SSSR count). The molecule has 1 atom stereocenters. The summed E-state index contributed by atoms with van der Waals surface area (Å²) < 4.78 is 33.7. The van der Waals surface area contributed by atoms with E-state index in [0.717, 1.165) is 16.5 Å². The number of halogens is 1. The molecule has 1 unspecified atom stereocenters. The number of hydrogen-bond donors (Lipinski definition) is 0. The molecule has 1 aromatic heterocycles. The molecule has 0 saturated carbocycles. The molecule has 0 saturated heterocycles. The van der Waals surface area contributed by atoms with E-state index in [2.05, 4.69) is 15.9 Å². The molecule has 0 N–H and O–H groups in total. The Bertz CT molecular complexity index is 961. The van der Waals surface area contributed by atoms with Crippen LogP contribution in [0.25, 0.3) is 11.0 Å². The number of nitrogens with zero attached hydrogens (tertiary/aromatic N) is 1. The Morgan fingerprint density at radius 2 is 1.83 bits per heavy atom. The van der Waals surface area contributed by atoms with E-state index in [1.165, 1.54) is 4.31 Å². The summed E-state index contributed by atoms with van der Waals surface area (Å²) in [6.07, 6.45) is 0. The van der Waals surface area contributed by atoms with Gasteiger partial charge >= 0.3 is 0 Å². The fraction of sp³-hybridized carbons (Fsp3) is 0.222. The summed E-state index contributed by atoms with van der Waals surface area (Å²) in [5.41, 5.74) is 1.64. The highest BCUT2D eigenvalue weighted by Gasteiger charge is 2.29. The fourth-order valence-corrected chi connectivity index (χ4v) is 4.90. The second kappa shape index (κ2) is 6.35. The zero-order valence-corrected chi connectivity index (χ0v) is 16.1. The van der Waals surface area contributed by atoms with Gasteiger partial charge in [0.25, 0.3) is 0 Å². The van der Waals surface area contributed by atoms with Crippen LogP contribution < -0.4 is 0 Å². The topological polar surface area (TPSA) is 50.5 Å². The minimum Gasteiger partial charge on any atom is -0.459 e. The molecular formula is C18H18BrNO3S. The van der Waals surface area contributed by atoms with Gasteiger partial charge in [-0.2, -0.15) is 4.31 Å². The van der Waals surface area contributed by atoms with Crippen LogP contribution in [-0.4, -0.2) is 19.8 Å². The van der Waals surface area contributed by atoms with E-state index in [-0.39, 0.29) is 4.90 Å². The Balaban J connectivity index is 2.00. The van der Waals surface area contributed by atoms with E-state index in [4.69, 9.17) is 4.42 Å². The quantitative estimate of drug-likeness (QED) is 0.618. The predicted molar refractivity (Wildman–Crippen MR) is 98.5 cm³/mol. The normalized spacial score (nSPS) is 13.5. The van der Waals surface area contributed by atoms with Crippen molar-refractivity contribution < 1.29 is 12.8 Å². The van der Waals surface area contributed by atoms with Gasteiger partial charge in [0.15, 0.2) is 0 Å². The molecule has 126 valence electrons. The number of rotatable bonds is 4. The lowest BCUT2D eigenvalue weighted by molar-refractivity contribution is 0.348. The van der Waals surface area contributed by atoms with Crippen molar-refractivity contribution in [3.05, 3.63) is 64.3 Å². The first-order valence-electron chi connectivity index (χ1n) is 7.53. The van der Waals surface area contributed by atoms with Crippen LogP contribution in [0.3, 0.4) is 0 Å². The molecular weight excluding hydrogens is 390 g/mol. The third kappa shape index (κ3) is 3.01. The molecule has 0 aliphatic carbocycles. The average Bonchev–Trinajstić information content (AvgIpc) is 2.99. The Morgan fingerprint density at radius 1 is 1.12 bits per heavy atom. The van der Waals surface area contributed by atoms with Crippen LogP contribution in [0.15, 0.2) is 62.3 Å². The Morgan fingerprint density at radius 3 is 2.54 bits per heavy atom. The predicted octanol–water partition coefficient (Wildman–Crippen LogP) is 4.89. The number of benzene rings is 2. The maximum absolute atomic E-state index is 13.0. The van der Waals surface area contributed by atoms with Crippen molar-refractivity contribution in [2.45, 2.75) is 24.8 Å². The molecule has 0 spiro atoms. The van der Waals surface area contributed by atoms with Crippen LogP contribution in [0.5, 0.6) is 0 Å². The Labute approximate surface area is 150 Å². The van der Waals surface area contributed by atoms with Crippen LogP contribution in [0, 0.1) is 6.92 Å². The van der Waals surface area contributed by atoms with E-state index >= 15 is 0 Å². The van der Waals surface area contributed by atoms with Gasteiger partial charge in [0.05, 0.1) is 10.9 Å². The van der Waals surface area contributed by atoms with Gasteiger partial charge in [0, 0.05) is 16.9 Å². The molecule has 0 amide bonds. The van der Waals surface area contributed by atoms with Crippen LogP contribution in [0.2, 0.25) is 0 Å². The molecule has 0 fully saturated rings. The minimum absolute atomic E-state index is 0.257. The lowest BCUT2D eigenvalue weighted by Gasteiger charge is -2.23. The van der Waals surface area contributed by atoms with Crippen molar-refractivity contribution in [3.8, 4) is 0 Å². The lowest BCUT2D eigenvalue weighted by atomic mass is 10.2. The smallest absolute Gasteiger partial charge is 0.244 e. The van der Waals surface area contributed by atoms with Gasteiger partial charge in [-0.1, -0.05) is 24.3 Å². The summed E-state index contributed by atoms with van der Waals surface area (Å²) in [6.45, 7) is 3.69. The van der Waals surface area contributed by atoms with Crippen molar-refractivity contribution >= 4 is 36.9 Å². The number of hydrogen-bond acceptors (Lipinski definition) is 3. The van der Waals surface area contributed by atoms with E-state index in [1.807, 2.05) is 50.2 Å². The van der Waals surface area contributed by atoms with Gasteiger partial charge in [0.2, 0.25) is 10.0 Å². The Hall–Kier alpha value is -1.63. The second-order valence-electron chi connectivity index (χ2n) is 5.82. The van der Waals surface area contributed by atoms with Gasteiger partial charge < -0.3 is 4.42 Å². The molecule has 4 nitrogen and oxygen atoms in total. The van der Waals surface area contributed by atoms with Crippen molar-refractivity contribution in [2.75, 3.05) is 7.05 Å². The van der Waals surface area contributed by atoms with E-state index in [9.17, 15) is 8.42 Å². The van der Waals surface area contributed by atoms with Crippen molar-refractivity contribution in [2.24, 2.45) is 0 Å². The molecule has 0 aliphatic rings. The summed E-state index contributed by atoms with van der Waals surface area (Å²) in [6, 6.07) is 14.4. The number of furan rings is 1. The molecule has 1 heterocycles. The zero-order valence-electron chi connectivity index (χ0n) is 13.7. The highest BCUT2D eigenvalue weighted by molar-refractivity contribution is 9.10. The molecule has 0 aliphatic heterocycles. The van der Waals surface area contributed by atoms with Gasteiger partial charge in [-0.25, -0.2) is 8.42 Å². The fourth-order valence-electron chi connectivity index (χ4n) is 2.56. The maximum atomic E-state index is 13.0. The van der Waals surface area contributed by atoms with Gasteiger partial charge in [-0.05, 0) is 59.6 Å². The summed E-state index contributed by atoms with van der Waals surface area (Å²) in [7, 11) is -2.08. The third-order valence-electron chi connectivity index (χ3n) is 4.15. The summed E-state index contributed by atoms with van der Waals surface area (Å²) in [4.78, 5) is 0.257. The molecule has 3 aromatic rings. The highest BCUT2D eigenvalue weighted by atomic mass is 79.9. The monoisotopic (exact) mass is 407 g/mol. The molecule has 2 aromatic carbocycles. The van der Waals surface area contributed by atoms with Crippen LogP contribution in [0.4, 0.5) is 0 Å². The number of sulfonamides is 1. The molecule has 6 heteroatoms. The average molecular weight is 408 g/mol. The molecule has 0 radical (unpaired) electrons. The first-order valence-corrected chi connectivity index (χ1v) is 9.76. The van der Waals surface area contributed by atoms with Gasteiger partial charge in [0.1, 0.15) is 11.3 Å². The third-order valence-corrected chi connectivity index (χ3v) is 7.07. The van der Waals surface area contributed by atoms with Gasteiger partial charge in [-0.3, -0.25) is 0 Å². The van der Waals surface area contributed by atoms with Crippen molar-refractivity contribution in [1.82, 2.24) is 4.31 Å². The summed E-state index contributed by atoms with van der Waals surface area (Å²) in [5.74, 6) is 0.617. The number of fused-ring (bicyclic) bond motifs is 1. The first kappa shape index (κ1) is 17.2. The molecule has 0 bridgehead atoms. The summed E-state index contributed by atoms with van der Waals surface area (Å²) >= 11 is 3.34. The highest BCUT2D eigenvalue weighted by Crippen LogP contribution is 2.32. The lowest BCUT2D eigenvalue weighted by Crippen LogP contribution is -2.30. The van der Waals surface area contributed by atoms with E-state index in [1.54, 1.807) is 19.2 Å². The number of para-hydroxylation sites is 1. The van der Waals surface area contributed by atoms with E-state index in [0.29, 0.717) is 10.2 Å². The van der Waals surface area contributed by atoms with Crippen LogP contribution in [-0.2, 0) is 10.0 Å². The van der Waals surface area contributed by atoms with E-state index < -0.39 is 16.1 Å². The largest absolute Gasteiger partial charge is 0.459 e. The second-order valence-corrected chi connectivity index (χ2v) is 8.64. The van der Waals surface area contributed by atoms with Crippen LogP contribution >= 0.6 is 15.9 Å². The SMILES string of the molecule is Cc1ccc(Br)c(S(=O)(=O)N(C)C(C)c2cc3ccccc3o2)c1. The molecule has 24 heavy (non-hydrogen) atoms.